The first-order valence-electron chi connectivity index (χ1n) is 23.5. The molecule has 1 heterocycles. The van der Waals surface area contributed by atoms with Gasteiger partial charge in [-0.1, -0.05) is 140 Å². The Morgan fingerprint density at radius 1 is 0.754 bits per heavy atom. The highest BCUT2D eigenvalue weighted by molar-refractivity contribution is 7.47. The van der Waals surface area contributed by atoms with Crippen molar-refractivity contribution in [2.45, 2.75) is 205 Å². The monoisotopic (exact) mass is 886 g/mol. The summed E-state index contributed by atoms with van der Waals surface area (Å²) in [5, 5.41) is 31.0. The maximum atomic E-state index is 12.7. The van der Waals surface area contributed by atoms with Gasteiger partial charge < -0.3 is 40.2 Å². The highest BCUT2D eigenvalue weighted by Gasteiger charge is 2.35. The molecule has 1 aliphatic rings. The fourth-order valence-corrected chi connectivity index (χ4v) is 7.65. The topological polar surface area (TPSA) is 204 Å². The molecule has 7 atom stereocenters. The zero-order chi connectivity index (χ0) is 44.8. The molecule has 0 spiro atoms. The molecule has 354 valence electrons. The number of aliphatic hydroxyl groups excluding tert-OH is 3. The van der Waals surface area contributed by atoms with Gasteiger partial charge in [0.1, 0.15) is 6.61 Å². The largest absolute Gasteiger partial charge is 0.472 e. The number of phosphoric ester groups is 1. The van der Waals surface area contributed by atoms with E-state index < -0.39 is 57.1 Å². The average Bonchev–Trinajstić information content (AvgIpc) is 3.23. The predicted molar refractivity (Wildman–Crippen MR) is 241 cm³/mol. The third-order valence-electron chi connectivity index (χ3n) is 10.5. The van der Waals surface area contributed by atoms with Crippen molar-refractivity contribution in [2.75, 3.05) is 26.4 Å². The van der Waals surface area contributed by atoms with Gasteiger partial charge in [0.15, 0.2) is 12.4 Å². The minimum atomic E-state index is -4.45. The summed E-state index contributed by atoms with van der Waals surface area (Å²) in [6.07, 6.45) is 34.7. The van der Waals surface area contributed by atoms with Crippen molar-refractivity contribution in [1.82, 2.24) is 0 Å². The minimum absolute atomic E-state index is 0.0118. The van der Waals surface area contributed by atoms with Crippen LogP contribution in [0.3, 0.4) is 0 Å². The summed E-state index contributed by atoms with van der Waals surface area (Å²) in [4.78, 5) is 35.2. The molecule has 0 aliphatic carbocycles. The predicted octanol–water partition coefficient (Wildman–Crippen LogP) is 9.61. The van der Waals surface area contributed by atoms with E-state index in [1.807, 2.05) is 12.2 Å². The van der Waals surface area contributed by atoms with Gasteiger partial charge in [-0.2, -0.15) is 0 Å². The molecule has 61 heavy (non-hydrogen) atoms. The molecule has 14 heteroatoms. The number of carbonyl (C=O) groups excluding carboxylic acids is 2. The van der Waals surface area contributed by atoms with Gasteiger partial charge in [-0.05, 0) is 64.2 Å². The van der Waals surface area contributed by atoms with E-state index in [1.165, 1.54) is 57.8 Å². The average molecular weight is 886 g/mol. The Balaban J connectivity index is 2.38. The normalized spacial score (nSPS) is 20.5. The summed E-state index contributed by atoms with van der Waals surface area (Å²) in [6.45, 7) is 3.29. The third-order valence-corrected chi connectivity index (χ3v) is 11.5. The Kier molecular flexibility index (Phi) is 35.7. The van der Waals surface area contributed by atoms with Crippen LogP contribution in [0, 0.1) is 5.92 Å². The Bertz CT molecular complexity index is 1260. The first kappa shape index (κ1) is 56.8. The van der Waals surface area contributed by atoms with Crippen LogP contribution in [-0.4, -0.2) is 89.2 Å². The third kappa shape index (κ3) is 33.1. The van der Waals surface area contributed by atoms with E-state index in [4.69, 9.17) is 29.0 Å². The van der Waals surface area contributed by atoms with Crippen LogP contribution < -0.4 is 5.73 Å². The number of phosphoric acid groups is 1. The summed E-state index contributed by atoms with van der Waals surface area (Å²) in [6, 6.07) is 0. The van der Waals surface area contributed by atoms with Gasteiger partial charge in [0.25, 0.3) is 0 Å². The van der Waals surface area contributed by atoms with E-state index in [2.05, 4.69) is 38.2 Å². The van der Waals surface area contributed by atoms with E-state index in [9.17, 15) is 34.4 Å². The van der Waals surface area contributed by atoms with Gasteiger partial charge in [-0.3, -0.25) is 18.6 Å². The summed E-state index contributed by atoms with van der Waals surface area (Å²) in [5.41, 5.74) is 5.35. The number of ether oxygens (including phenoxy) is 3. The Labute approximate surface area is 368 Å². The minimum Gasteiger partial charge on any atom is -0.462 e. The number of hydrogen-bond acceptors (Lipinski definition) is 12. The van der Waals surface area contributed by atoms with Crippen LogP contribution in [0.5, 0.6) is 0 Å². The lowest BCUT2D eigenvalue weighted by Crippen LogP contribution is -2.43. The Morgan fingerprint density at radius 2 is 1.34 bits per heavy atom. The van der Waals surface area contributed by atoms with Crippen molar-refractivity contribution in [3.05, 3.63) is 48.6 Å². The fraction of sp³-hybridized carbons (Fsp3) is 0.787. The first-order chi connectivity index (χ1) is 29.5. The van der Waals surface area contributed by atoms with E-state index in [1.54, 1.807) is 12.2 Å². The molecule has 1 saturated heterocycles. The number of nitrogens with two attached hydrogens (primary N) is 1. The van der Waals surface area contributed by atoms with Crippen LogP contribution in [0.1, 0.15) is 174 Å². The number of rotatable bonds is 39. The second-order valence-corrected chi connectivity index (χ2v) is 17.6. The SMILES string of the molecule is CCCCC/C=C\C/C=C\CCCCCCCCCCCC(=O)O[C@H](COC(=O)CCC/C=C\C[C@H]1[C@@H](O)CC(O)O[C@@H]1/C=C/[C@@H](O)CCCCC)COP(=O)(O)OCCN. The number of unbranched alkanes of at least 4 members (excludes halogenated alkanes) is 15. The number of hydrogen-bond donors (Lipinski definition) is 5. The lowest BCUT2D eigenvalue weighted by atomic mass is 9.87. The molecule has 0 bridgehead atoms. The highest BCUT2D eigenvalue weighted by atomic mass is 31.2. The maximum absolute atomic E-state index is 12.7. The summed E-state index contributed by atoms with van der Waals surface area (Å²) in [5.74, 6) is -1.34. The van der Waals surface area contributed by atoms with Gasteiger partial charge in [-0.15, -0.1) is 0 Å². The number of allylic oxidation sites excluding steroid dienone is 6. The van der Waals surface area contributed by atoms with Crippen LogP contribution in [0.2, 0.25) is 0 Å². The summed E-state index contributed by atoms with van der Waals surface area (Å²) in [7, 11) is -4.45. The van der Waals surface area contributed by atoms with Crippen LogP contribution in [0.25, 0.3) is 0 Å². The molecule has 0 aromatic carbocycles. The first-order valence-corrected chi connectivity index (χ1v) is 25.0. The van der Waals surface area contributed by atoms with Gasteiger partial charge in [0, 0.05) is 31.7 Å². The molecule has 6 N–H and O–H groups in total. The second kappa shape index (κ2) is 38.3. The van der Waals surface area contributed by atoms with E-state index in [0.29, 0.717) is 32.1 Å². The molecule has 1 fully saturated rings. The molecule has 13 nitrogen and oxygen atoms in total. The molecule has 0 amide bonds. The molecule has 1 aliphatic heterocycles. The van der Waals surface area contributed by atoms with Crippen LogP contribution >= 0.6 is 7.82 Å². The smallest absolute Gasteiger partial charge is 0.462 e. The van der Waals surface area contributed by atoms with Crippen molar-refractivity contribution in [3.63, 3.8) is 0 Å². The molecular weight excluding hydrogens is 801 g/mol. The highest BCUT2D eigenvalue weighted by Crippen LogP contribution is 2.43. The van der Waals surface area contributed by atoms with E-state index in [0.717, 1.165) is 51.4 Å². The molecule has 1 rings (SSSR count). The summed E-state index contributed by atoms with van der Waals surface area (Å²) >= 11 is 0. The van der Waals surface area contributed by atoms with Gasteiger partial charge in [0.2, 0.25) is 0 Å². The van der Waals surface area contributed by atoms with Crippen molar-refractivity contribution < 1.29 is 57.6 Å². The van der Waals surface area contributed by atoms with E-state index >= 15 is 0 Å². The number of aliphatic hydroxyl groups is 3. The maximum Gasteiger partial charge on any atom is 0.472 e. The zero-order valence-corrected chi connectivity index (χ0v) is 38.6. The Hall–Kier alpha value is -2.19. The second-order valence-electron chi connectivity index (χ2n) is 16.1. The molecule has 0 radical (unpaired) electrons. The quantitative estimate of drug-likeness (QED) is 0.0169. The van der Waals surface area contributed by atoms with Crippen LogP contribution in [-0.2, 0) is 37.4 Å². The van der Waals surface area contributed by atoms with E-state index in [-0.39, 0.29) is 44.9 Å². The number of carbonyl (C=O) groups is 2. The van der Waals surface area contributed by atoms with Crippen molar-refractivity contribution >= 4 is 19.8 Å². The van der Waals surface area contributed by atoms with Crippen LogP contribution in [0.4, 0.5) is 0 Å². The van der Waals surface area contributed by atoms with Crippen molar-refractivity contribution in [1.29, 1.82) is 0 Å². The standard InChI is InChI=1S/C47H84NO12P/c1-3-5-7-8-9-10-11-12-13-14-15-16-17-18-19-20-21-22-28-32-46(52)59-41(39-58-61(54,55)57-36-35-48)38-56-45(51)31-27-24-23-26-30-42-43(50)37-47(53)60-44(42)34-33-40(49)29-25-6-4-2/h9-10,12-13,23,26,33-34,40-44,47,49-50,53H,3-8,11,14-22,24-25,27-32,35-39,48H2,1-2H3,(H,54,55)/b10-9-,13-12-,26-23-,34-33+/t40-,41+,42-,43-,44+,47?/m0/s1. The fourth-order valence-electron chi connectivity index (χ4n) is 6.88. The molecule has 0 aromatic heterocycles. The van der Waals surface area contributed by atoms with Gasteiger partial charge in [0.05, 0.1) is 31.5 Å². The van der Waals surface area contributed by atoms with Gasteiger partial charge >= 0.3 is 19.8 Å². The molecular formula is C47H84NO12P. The Morgan fingerprint density at radius 3 is 2.02 bits per heavy atom. The van der Waals surface area contributed by atoms with Crippen LogP contribution in [0.15, 0.2) is 48.6 Å². The van der Waals surface area contributed by atoms with Crippen molar-refractivity contribution in [3.8, 4) is 0 Å². The molecule has 2 unspecified atom stereocenters. The summed E-state index contributed by atoms with van der Waals surface area (Å²) < 4.78 is 38.5. The van der Waals surface area contributed by atoms with Crippen molar-refractivity contribution in [2.24, 2.45) is 11.7 Å². The zero-order valence-electron chi connectivity index (χ0n) is 37.7. The number of esters is 2. The molecule has 0 aromatic rings. The lowest BCUT2D eigenvalue weighted by molar-refractivity contribution is -0.199. The van der Waals surface area contributed by atoms with Gasteiger partial charge in [-0.25, -0.2) is 4.57 Å². The molecule has 0 saturated carbocycles. The lowest BCUT2D eigenvalue weighted by Gasteiger charge is -2.36.